The number of likely N-dealkylation sites (tertiary alicyclic amines) is 1. The molecule has 3 amide bonds. The van der Waals surface area contributed by atoms with Crippen molar-refractivity contribution in [3.63, 3.8) is 0 Å². The van der Waals surface area contributed by atoms with E-state index in [-0.39, 0.29) is 23.6 Å². The molecule has 0 aromatic heterocycles. The Kier molecular flexibility index (Phi) is 6.06. The predicted octanol–water partition coefficient (Wildman–Crippen LogP) is 3.66. The van der Waals surface area contributed by atoms with Gasteiger partial charge in [-0.1, -0.05) is 19.3 Å². The largest absolute Gasteiger partial charge is 0.353 e. The molecule has 1 atom stereocenters. The Balaban J connectivity index is 1.55. The van der Waals surface area contributed by atoms with Crippen molar-refractivity contribution in [2.75, 3.05) is 18.4 Å². The summed E-state index contributed by atoms with van der Waals surface area (Å²) in [5.41, 5.74) is -0.0646. The van der Waals surface area contributed by atoms with Gasteiger partial charge in [0.1, 0.15) is 11.6 Å². The summed E-state index contributed by atoms with van der Waals surface area (Å²) >= 11 is 0. The highest BCUT2D eigenvalue weighted by Gasteiger charge is 2.30. The van der Waals surface area contributed by atoms with E-state index in [1.807, 2.05) is 0 Å². The van der Waals surface area contributed by atoms with E-state index >= 15 is 0 Å². The van der Waals surface area contributed by atoms with Crippen LogP contribution in [0.2, 0.25) is 0 Å². The number of piperidine rings is 1. The fourth-order valence-electron chi connectivity index (χ4n) is 3.73. The SMILES string of the molecule is O=C(NC1CCCCC1)C1CCCN(C(=O)Nc2ccc(F)cc2F)C1. The quantitative estimate of drug-likeness (QED) is 0.859. The summed E-state index contributed by atoms with van der Waals surface area (Å²) in [6.07, 6.45) is 7.03. The van der Waals surface area contributed by atoms with Crippen molar-refractivity contribution in [3.05, 3.63) is 29.8 Å². The Bertz CT molecular complexity index is 662. The van der Waals surface area contributed by atoms with E-state index in [1.165, 1.54) is 17.4 Å². The summed E-state index contributed by atoms with van der Waals surface area (Å²) in [5, 5.41) is 5.58. The number of carbonyl (C=O) groups excluding carboxylic acids is 2. The summed E-state index contributed by atoms with van der Waals surface area (Å²) in [4.78, 5) is 26.4. The molecular formula is C19H25F2N3O2. The smallest absolute Gasteiger partial charge is 0.321 e. The van der Waals surface area contributed by atoms with Crippen LogP contribution in [0.3, 0.4) is 0 Å². The van der Waals surface area contributed by atoms with E-state index in [9.17, 15) is 18.4 Å². The second-order valence-corrected chi connectivity index (χ2v) is 7.18. The number of anilines is 1. The maximum Gasteiger partial charge on any atom is 0.321 e. The van der Waals surface area contributed by atoms with Gasteiger partial charge in [0, 0.05) is 25.2 Å². The number of nitrogens with one attached hydrogen (secondary N) is 2. The van der Waals surface area contributed by atoms with Crippen molar-refractivity contribution in [1.82, 2.24) is 10.2 Å². The molecule has 3 rings (SSSR count). The fraction of sp³-hybridized carbons (Fsp3) is 0.579. The van der Waals surface area contributed by atoms with Gasteiger partial charge in [-0.25, -0.2) is 13.6 Å². The first-order valence-electron chi connectivity index (χ1n) is 9.34. The van der Waals surface area contributed by atoms with Crippen LogP contribution in [-0.2, 0) is 4.79 Å². The number of halogens is 2. The van der Waals surface area contributed by atoms with Crippen LogP contribution in [0.5, 0.6) is 0 Å². The average molecular weight is 365 g/mol. The van der Waals surface area contributed by atoms with Crippen LogP contribution in [0.15, 0.2) is 18.2 Å². The fourth-order valence-corrected chi connectivity index (χ4v) is 3.73. The van der Waals surface area contributed by atoms with Crippen LogP contribution in [0.25, 0.3) is 0 Å². The molecule has 1 heterocycles. The van der Waals surface area contributed by atoms with E-state index in [4.69, 9.17) is 0 Å². The number of amides is 3. The highest BCUT2D eigenvalue weighted by molar-refractivity contribution is 5.90. The Morgan fingerprint density at radius 3 is 2.54 bits per heavy atom. The van der Waals surface area contributed by atoms with E-state index in [2.05, 4.69) is 10.6 Å². The number of rotatable bonds is 3. The van der Waals surface area contributed by atoms with E-state index in [0.717, 1.165) is 50.7 Å². The lowest BCUT2D eigenvalue weighted by Gasteiger charge is -2.33. The standard InChI is InChI=1S/C19H25F2N3O2/c20-14-8-9-17(16(21)11-14)23-19(26)24-10-4-5-13(12-24)18(25)22-15-6-2-1-3-7-15/h8-9,11,13,15H,1-7,10,12H2,(H,22,25)(H,23,26). The lowest BCUT2D eigenvalue weighted by atomic mass is 9.93. The number of hydrogen-bond donors (Lipinski definition) is 2. The zero-order valence-corrected chi connectivity index (χ0v) is 14.8. The molecule has 2 fully saturated rings. The van der Waals surface area contributed by atoms with Gasteiger partial charge in [-0.15, -0.1) is 0 Å². The lowest BCUT2D eigenvalue weighted by molar-refractivity contribution is -0.127. The van der Waals surface area contributed by atoms with Crippen LogP contribution < -0.4 is 10.6 Å². The topological polar surface area (TPSA) is 61.4 Å². The van der Waals surface area contributed by atoms with E-state index < -0.39 is 17.7 Å². The molecule has 26 heavy (non-hydrogen) atoms. The lowest BCUT2D eigenvalue weighted by Crippen LogP contribution is -2.49. The molecule has 1 aromatic carbocycles. The minimum Gasteiger partial charge on any atom is -0.353 e. The minimum absolute atomic E-state index is 0.00219. The zero-order valence-electron chi connectivity index (χ0n) is 14.8. The van der Waals surface area contributed by atoms with Gasteiger partial charge < -0.3 is 15.5 Å². The average Bonchev–Trinajstić information content (AvgIpc) is 2.65. The molecule has 1 saturated carbocycles. The summed E-state index contributed by atoms with van der Waals surface area (Å²) in [6, 6.07) is 2.79. The highest BCUT2D eigenvalue weighted by atomic mass is 19.1. The second kappa shape index (κ2) is 8.47. The summed E-state index contributed by atoms with van der Waals surface area (Å²) < 4.78 is 26.7. The zero-order chi connectivity index (χ0) is 18.5. The maximum absolute atomic E-state index is 13.7. The molecular weight excluding hydrogens is 340 g/mol. The molecule has 0 spiro atoms. The molecule has 1 aliphatic heterocycles. The Morgan fingerprint density at radius 1 is 1.04 bits per heavy atom. The van der Waals surface area contributed by atoms with Crippen molar-refractivity contribution in [2.24, 2.45) is 5.92 Å². The van der Waals surface area contributed by atoms with Gasteiger partial charge in [-0.05, 0) is 37.8 Å². The number of carbonyl (C=O) groups is 2. The highest BCUT2D eigenvalue weighted by Crippen LogP contribution is 2.22. The molecule has 7 heteroatoms. The van der Waals surface area contributed by atoms with Gasteiger partial charge in [-0.3, -0.25) is 4.79 Å². The van der Waals surface area contributed by atoms with E-state index in [0.29, 0.717) is 13.1 Å². The third-order valence-corrected chi connectivity index (χ3v) is 5.20. The van der Waals surface area contributed by atoms with Crippen LogP contribution >= 0.6 is 0 Å². The Morgan fingerprint density at radius 2 is 1.81 bits per heavy atom. The van der Waals surface area contributed by atoms with Crippen molar-refractivity contribution < 1.29 is 18.4 Å². The molecule has 142 valence electrons. The molecule has 5 nitrogen and oxygen atoms in total. The van der Waals surface area contributed by atoms with Crippen LogP contribution in [0, 0.1) is 17.6 Å². The van der Waals surface area contributed by atoms with Crippen LogP contribution in [-0.4, -0.2) is 36.0 Å². The first-order valence-corrected chi connectivity index (χ1v) is 9.34. The molecule has 1 unspecified atom stereocenters. The van der Waals surface area contributed by atoms with Crippen molar-refractivity contribution >= 4 is 17.6 Å². The predicted molar refractivity (Wildman–Crippen MR) is 94.7 cm³/mol. The van der Waals surface area contributed by atoms with Gasteiger partial charge in [0.05, 0.1) is 11.6 Å². The first-order chi connectivity index (χ1) is 12.5. The minimum atomic E-state index is -0.818. The van der Waals surface area contributed by atoms with Gasteiger partial charge in [-0.2, -0.15) is 0 Å². The van der Waals surface area contributed by atoms with Gasteiger partial charge in [0.2, 0.25) is 5.91 Å². The molecule has 0 radical (unpaired) electrons. The second-order valence-electron chi connectivity index (χ2n) is 7.18. The van der Waals surface area contributed by atoms with Gasteiger partial charge in [0.15, 0.2) is 0 Å². The maximum atomic E-state index is 13.7. The third kappa shape index (κ3) is 4.71. The molecule has 1 saturated heterocycles. The van der Waals surface area contributed by atoms with E-state index in [1.54, 1.807) is 0 Å². The van der Waals surface area contributed by atoms with Gasteiger partial charge >= 0.3 is 6.03 Å². The summed E-state index contributed by atoms with van der Waals surface area (Å²) in [7, 11) is 0. The number of urea groups is 1. The number of nitrogens with zero attached hydrogens (tertiary/aromatic N) is 1. The number of benzene rings is 1. The van der Waals surface area contributed by atoms with Crippen molar-refractivity contribution in [1.29, 1.82) is 0 Å². The first kappa shape index (κ1) is 18.6. The third-order valence-electron chi connectivity index (χ3n) is 5.20. The molecule has 1 aliphatic carbocycles. The van der Waals surface area contributed by atoms with Gasteiger partial charge in [0.25, 0.3) is 0 Å². The number of hydrogen-bond acceptors (Lipinski definition) is 2. The normalized spacial score (nSPS) is 21.3. The molecule has 2 N–H and O–H groups in total. The monoisotopic (exact) mass is 365 g/mol. The van der Waals surface area contributed by atoms with Crippen molar-refractivity contribution in [2.45, 2.75) is 51.0 Å². The molecule has 2 aliphatic rings. The summed E-state index contributed by atoms with van der Waals surface area (Å²) in [5.74, 6) is -1.75. The Labute approximate surface area is 152 Å². The summed E-state index contributed by atoms with van der Waals surface area (Å²) in [6.45, 7) is 0.828. The van der Waals surface area contributed by atoms with Crippen molar-refractivity contribution in [3.8, 4) is 0 Å². The molecule has 0 bridgehead atoms. The van der Waals surface area contributed by atoms with Crippen LogP contribution in [0.1, 0.15) is 44.9 Å². The Hall–Kier alpha value is -2.18. The molecule has 1 aromatic rings. The van der Waals surface area contributed by atoms with Crippen LogP contribution in [0.4, 0.5) is 19.3 Å².